The van der Waals surface area contributed by atoms with E-state index in [-0.39, 0.29) is 0 Å². The van der Waals surface area contributed by atoms with E-state index in [1.54, 1.807) is 14.2 Å². The summed E-state index contributed by atoms with van der Waals surface area (Å²) in [5.41, 5.74) is 2.71. The van der Waals surface area contributed by atoms with E-state index in [1.807, 2.05) is 6.07 Å². The van der Waals surface area contributed by atoms with Gasteiger partial charge >= 0.3 is 0 Å². The summed E-state index contributed by atoms with van der Waals surface area (Å²) in [6.45, 7) is 1.73. The molecular weight excluding hydrogens is 204 g/mol. The first-order chi connectivity index (χ1) is 7.85. The number of hydrogen-bond donors (Lipinski definition) is 0. The Bertz CT molecular complexity index is 414. The zero-order valence-corrected chi connectivity index (χ0v) is 9.66. The normalized spacial score (nSPS) is 26.4. The van der Waals surface area contributed by atoms with Crippen molar-refractivity contribution in [2.75, 3.05) is 27.4 Å². The van der Waals surface area contributed by atoms with E-state index in [9.17, 15) is 0 Å². The van der Waals surface area contributed by atoms with Crippen LogP contribution in [0.2, 0.25) is 0 Å². The molecule has 0 unspecified atom stereocenters. The van der Waals surface area contributed by atoms with Crippen molar-refractivity contribution in [3.63, 3.8) is 0 Å². The summed E-state index contributed by atoms with van der Waals surface area (Å²) in [6.07, 6.45) is 1.06. The Morgan fingerprint density at radius 1 is 1.19 bits per heavy atom. The number of hydrogen-bond acceptors (Lipinski definition) is 3. The van der Waals surface area contributed by atoms with Gasteiger partial charge in [0.1, 0.15) is 0 Å². The molecule has 0 aromatic heterocycles. The highest BCUT2D eigenvalue weighted by Gasteiger charge is 2.39. The highest BCUT2D eigenvalue weighted by Crippen LogP contribution is 2.48. The summed E-state index contributed by atoms with van der Waals surface area (Å²) in [5, 5.41) is 0. The maximum atomic E-state index is 5.53. The highest BCUT2D eigenvalue weighted by molar-refractivity contribution is 5.54. The summed E-state index contributed by atoms with van der Waals surface area (Å²) >= 11 is 0. The molecule has 3 rings (SSSR count). The molecule has 1 saturated heterocycles. The second kappa shape index (κ2) is 3.67. The van der Waals surface area contributed by atoms with Crippen LogP contribution in [-0.4, -0.2) is 27.4 Å². The van der Waals surface area contributed by atoms with Gasteiger partial charge in [0.05, 0.1) is 27.4 Å². The van der Waals surface area contributed by atoms with Crippen LogP contribution < -0.4 is 9.47 Å². The zero-order chi connectivity index (χ0) is 11.1. The molecule has 0 bridgehead atoms. The Morgan fingerprint density at radius 3 is 2.81 bits per heavy atom. The van der Waals surface area contributed by atoms with Crippen LogP contribution in [0.25, 0.3) is 0 Å². The molecule has 0 amide bonds. The summed E-state index contributed by atoms with van der Waals surface area (Å²) in [5.74, 6) is 2.95. The first-order valence-electron chi connectivity index (χ1n) is 5.66. The van der Waals surface area contributed by atoms with Crippen molar-refractivity contribution in [1.29, 1.82) is 0 Å². The van der Waals surface area contributed by atoms with Crippen LogP contribution in [0.4, 0.5) is 0 Å². The van der Waals surface area contributed by atoms with Crippen molar-refractivity contribution in [3.8, 4) is 11.5 Å². The Kier molecular flexibility index (Phi) is 2.28. The Balaban J connectivity index is 2.09. The molecule has 2 aliphatic rings. The maximum Gasteiger partial charge on any atom is 0.164 e. The zero-order valence-electron chi connectivity index (χ0n) is 9.66. The minimum absolute atomic E-state index is 0.565. The molecule has 1 aromatic carbocycles. The fraction of sp³-hybridized carbons (Fsp3) is 0.538. The molecule has 2 atom stereocenters. The van der Waals surface area contributed by atoms with Crippen LogP contribution in [0.1, 0.15) is 17.0 Å². The van der Waals surface area contributed by atoms with Gasteiger partial charge in [-0.15, -0.1) is 0 Å². The molecule has 16 heavy (non-hydrogen) atoms. The van der Waals surface area contributed by atoms with E-state index in [0.29, 0.717) is 11.8 Å². The summed E-state index contributed by atoms with van der Waals surface area (Å²) in [6, 6.07) is 4.16. The molecule has 1 heterocycles. The van der Waals surface area contributed by atoms with Gasteiger partial charge in [-0.3, -0.25) is 0 Å². The summed E-state index contributed by atoms with van der Waals surface area (Å²) in [4.78, 5) is 0. The van der Waals surface area contributed by atoms with Gasteiger partial charge in [-0.25, -0.2) is 0 Å². The molecule has 1 fully saturated rings. The standard InChI is InChI=1S/C13H16O3/c1-14-12-4-3-9-10(13(12)15-2)5-8-6-16-7-11(8)9/h3-4,8,11H,5-7H2,1-2H3/t8-,11-/m0/s1. The van der Waals surface area contributed by atoms with E-state index < -0.39 is 0 Å². The second-order valence-electron chi connectivity index (χ2n) is 4.48. The monoisotopic (exact) mass is 220 g/mol. The number of methoxy groups -OCH3 is 2. The smallest absolute Gasteiger partial charge is 0.164 e. The SMILES string of the molecule is COc1ccc2c(c1OC)C[C@H]1COC[C@H]21. The van der Waals surface area contributed by atoms with Gasteiger partial charge in [0.15, 0.2) is 11.5 Å². The lowest BCUT2D eigenvalue weighted by Gasteiger charge is -2.13. The molecule has 0 N–H and O–H groups in total. The number of rotatable bonds is 2. The number of benzene rings is 1. The van der Waals surface area contributed by atoms with E-state index >= 15 is 0 Å². The minimum atomic E-state index is 0.565. The fourth-order valence-corrected chi connectivity index (χ4v) is 2.97. The van der Waals surface area contributed by atoms with Crippen molar-refractivity contribution in [2.24, 2.45) is 5.92 Å². The second-order valence-corrected chi connectivity index (χ2v) is 4.48. The van der Waals surface area contributed by atoms with E-state index in [4.69, 9.17) is 14.2 Å². The van der Waals surface area contributed by atoms with Crippen molar-refractivity contribution in [2.45, 2.75) is 12.3 Å². The van der Waals surface area contributed by atoms with Crippen molar-refractivity contribution >= 4 is 0 Å². The van der Waals surface area contributed by atoms with Gasteiger partial charge in [0.25, 0.3) is 0 Å². The highest BCUT2D eigenvalue weighted by atomic mass is 16.5. The van der Waals surface area contributed by atoms with E-state index in [0.717, 1.165) is 31.1 Å². The number of ether oxygens (including phenoxy) is 3. The third-order valence-electron chi connectivity index (χ3n) is 3.75. The van der Waals surface area contributed by atoms with E-state index in [2.05, 4.69) is 6.07 Å². The predicted molar refractivity (Wildman–Crippen MR) is 60.3 cm³/mol. The lowest BCUT2D eigenvalue weighted by atomic mass is 9.97. The molecular formula is C13H16O3. The van der Waals surface area contributed by atoms with Crippen molar-refractivity contribution in [3.05, 3.63) is 23.3 Å². The Hall–Kier alpha value is -1.22. The van der Waals surface area contributed by atoms with Crippen LogP contribution in [0, 0.1) is 5.92 Å². The maximum absolute atomic E-state index is 5.53. The van der Waals surface area contributed by atoms with Gasteiger partial charge < -0.3 is 14.2 Å². The summed E-state index contributed by atoms with van der Waals surface area (Å²) < 4.78 is 16.3. The average Bonchev–Trinajstić information content (AvgIpc) is 2.87. The van der Waals surface area contributed by atoms with Crippen molar-refractivity contribution in [1.82, 2.24) is 0 Å². The van der Waals surface area contributed by atoms with Crippen LogP contribution >= 0.6 is 0 Å². The molecule has 3 nitrogen and oxygen atoms in total. The van der Waals surface area contributed by atoms with Crippen LogP contribution in [0.3, 0.4) is 0 Å². The Morgan fingerprint density at radius 2 is 2.06 bits per heavy atom. The third kappa shape index (κ3) is 1.24. The van der Waals surface area contributed by atoms with Gasteiger partial charge in [0.2, 0.25) is 0 Å². The molecule has 0 radical (unpaired) electrons. The van der Waals surface area contributed by atoms with Crippen LogP contribution in [0.5, 0.6) is 11.5 Å². The molecule has 0 spiro atoms. The lowest BCUT2D eigenvalue weighted by Crippen LogP contribution is -2.03. The van der Waals surface area contributed by atoms with E-state index in [1.165, 1.54) is 11.1 Å². The van der Waals surface area contributed by atoms with Crippen LogP contribution in [-0.2, 0) is 11.2 Å². The van der Waals surface area contributed by atoms with Gasteiger partial charge in [0, 0.05) is 11.5 Å². The van der Waals surface area contributed by atoms with Crippen LogP contribution in [0.15, 0.2) is 12.1 Å². The molecule has 1 aliphatic heterocycles. The third-order valence-corrected chi connectivity index (χ3v) is 3.75. The predicted octanol–water partition coefficient (Wildman–Crippen LogP) is 1.99. The molecule has 3 heteroatoms. The molecule has 1 aliphatic carbocycles. The molecule has 86 valence electrons. The molecule has 1 aromatic rings. The first kappa shape index (κ1) is 9.97. The molecule has 0 saturated carbocycles. The topological polar surface area (TPSA) is 27.7 Å². The average molecular weight is 220 g/mol. The van der Waals surface area contributed by atoms with Crippen molar-refractivity contribution < 1.29 is 14.2 Å². The van der Waals surface area contributed by atoms with Gasteiger partial charge in [-0.05, 0) is 24.0 Å². The van der Waals surface area contributed by atoms with Gasteiger partial charge in [-0.2, -0.15) is 0 Å². The first-order valence-corrected chi connectivity index (χ1v) is 5.66. The van der Waals surface area contributed by atoms with Gasteiger partial charge in [-0.1, -0.05) is 6.07 Å². The number of fused-ring (bicyclic) bond motifs is 3. The fourth-order valence-electron chi connectivity index (χ4n) is 2.97. The summed E-state index contributed by atoms with van der Waals surface area (Å²) in [7, 11) is 3.39. The lowest BCUT2D eigenvalue weighted by molar-refractivity contribution is 0.182. The quantitative estimate of drug-likeness (QED) is 0.763. The minimum Gasteiger partial charge on any atom is -0.493 e. The largest absolute Gasteiger partial charge is 0.493 e. The Labute approximate surface area is 95.3 Å².